The molecule has 1 heterocycles. The van der Waals surface area contributed by atoms with Crippen LogP contribution in [-0.4, -0.2) is 48.3 Å². The average Bonchev–Trinajstić information content (AvgIpc) is 2.26. The molecule has 0 aliphatic carbocycles. The van der Waals surface area contributed by atoms with Gasteiger partial charge in [0.15, 0.2) is 0 Å². The minimum atomic E-state index is -0.322. The summed E-state index contributed by atoms with van der Waals surface area (Å²) >= 11 is 0. The molecule has 0 aromatic heterocycles. The molecular weight excluding hydrogens is 194 g/mol. The second-order valence-corrected chi connectivity index (χ2v) is 4.23. The third kappa shape index (κ3) is 3.68. The third-order valence-electron chi connectivity index (χ3n) is 2.90. The normalized spacial score (nSPS) is 20.1. The van der Waals surface area contributed by atoms with Crippen LogP contribution in [0.4, 0.5) is 4.79 Å². The van der Waals surface area contributed by atoms with Crippen LogP contribution in [0.5, 0.6) is 0 Å². The fourth-order valence-electron chi connectivity index (χ4n) is 1.66. The Morgan fingerprint density at radius 3 is 2.67 bits per heavy atom. The number of aliphatic hydroxyl groups excluding tert-OH is 1. The van der Waals surface area contributed by atoms with Crippen molar-refractivity contribution in [1.82, 2.24) is 10.2 Å². The zero-order valence-corrected chi connectivity index (χ0v) is 9.28. The van der Waals surface area contributed by atoms with Crippen LogP contribution in [0.15, 0.2) is 0 Å². The van der Waals surface area contributed by atoms with Crippen molar-refractivity contribution in [3.05, 3.63) is 0 Å². The molecule has 1 unspecified atom stereocenters. The Morgan fingerprint density at radius 1 is 1.60 bits per heavy atom. The van der Waals surface area contributed by atoms with Crippen molar-refractivity contribution in [3.8, 4) is 0 Å². The van der Waals surface area contributed by atoms with Crippen molar-refractivity contribution in [2.24, 2.45) is 11.7 Å². The van der Waals surface area contributed by atoms with E-state index in [1.807, 2.05) is 0 Å². The lowest BCUT2D eigenvalue weighted by molar-refractivity contribution is 0.163. The van der Waals surface area contributed by atoms with Crippen LogP contribution in [0, 0.1) is 5.92 Å². The molecule has 1 aliphatic heterocycles. The first kappa shape index (κ1) is 12.3. The van der Waals surface area contributed by atoms with E-state index in [0.29, 0.717) is 5.92 Å². The Morgan fingerprint density at radius 2 is 2.20 bits per heavy atom. The highest BCUT2D eigenvalue weighted by Crippen LogP contribution is 2.15. The number of nitrogens with one attached hydrogen (secondary N) is 1. The highest BCUT2D eigenvalue weighted by atomic mass is 16.3. The van der Waals surface area contributed by atoms with Crippen LogP contribution in [0.3, 0.4) is 0 Å². The molecule has 0 aromatic rings. The summed E-state index contributed by atoms with van der Waals surface area (Å²) in [5.41, 5.74) is 5.39. The van der Waals surface area contributed by atoms with Gasteiger partial charge in [-0.3, -0.25) is 0 Å². The summed E-state index contributed by atoms with van der Waals surface area (Å²) in [5.74, 6) is 0.706. The molecule has 0 bridgehead atoms. The van der Waals surface area contributed by atoms with Gasteiger partial charge < -0.3 is 21.1 Å². The summed E-state index contributed by atoms with van der Waals surface area (Å²) in [6, 6.07) is -0.428. The van der Waals surface area contributed by atoms with Crippen molar-refractivity contribution in [2.75, 3.05) is 26.2 Å². The predicted octanol–water partition coefficient (Wildman–Crippen LogP) is -0.252. The SMILES string of the molecule is CC1CCN(C(=O)NC(CN)CO)CC1. The topological polar surface area (TPSA) is 78.6 Å². The van der Waals surface area contributed by atoms with E-state index in [1.165, 1.54) is 0 Å². The monoisotopic (exact) mass is 215 g/mol. The number of hydrogen-bond donors (Lipinski definition) is 3. The van der Waals surface area contributed by atoms with E-state index < -0.39 is 0 Å². The van der Waals surface area contributed by atoms with Crippen LogP contribution in [-0.2, 0) is 0 Å². The van der Waals surface area contributed by atoms with Crippen LogP contribution in [0.25, 0.3) is 0 Å². The lowest BCUT2D eigenvalue weighted by Crippen LogP contribution is -2.50. The van der Waals surface area contributed by atoms with Gasteiger partial charge in [-0.15, -0.1) is 0 Å². The molecule has 4 N–H and O–H groups in total. The number of amides is 2. The molecule has 1 saturated heterocycles. The molecule has 1 fully saturated rings. The number of piperidine rings is 1. The Bertz CT molecular complexity index is 199. The van der Waals surface area contributed by atoms with Crippen molar-refractivity contribution in [2.45, 2.75) is 25.8 Å². The van der Waals surface area contributed by atoms with Crippen molar-refractivity contribution < 1.29 is 9.90 Å². The molecule has 0 radical (unpaired) electrons. The first-order valence-corrected chi connectivity index (χ1v) is 5.53. The number of carbonyl (C=O) groups excluding carboxylic acids is 1. The maximum atomic E-state index is 11.7. The molecule has 2 amide bonds. The first-order valence-electron chi connectivity index (χ1n) is 5.53. The minimum absolute atomic E-state index is 0.105. The average molecular weight is 215 g/mol. The summed E-state index contributed by atoms with van der Waals surface area (Å²) in [6.45, 7) is 3.97. The number of hydrogen-bond acceptors (Lipinski definition) is 3. The van der Waals surface area contributed by atoms with Gasteiger partial charge in [0.2, 0.25) is 0 Å². The Labute approximate surface area is 90.6 Å². The summed E-state index contributed by atoms with van der Waals surface area (Å²) < 4.78 is 0. The van der Waals surface area contributed by atoms with Gasteiger partial charge in [-0.05, 0) is 18.8 Å². The van der Waals surface area contributed by atoms with Crippen molar-refractivity contribution in [1.29, 1.82) is 0 Å². The van der Waals surface area contributed by atoms with E-state index in [4.69, 9.17) is 10.8 Å². The quantitative estimate of drug-likeness (QED) is 0.607. The fourth-order valence-corrected chi connectivity index (χ4v) is 1.66. The van der Waals surface area contributed by atoms with Crippen molar-refractivity contribution >= 4 is 6.03 Å². The molecule has 5 heteroatoms. The standard InChI is InChI=1S/C10H21N3O2/c1-8-2-4-13(5-3-8)10(15)12-9(6-11)7-14/h8-9,14H,2-7,11H2,1H3,(H,12,15). The highest BCUT2D eigenvalue weighted by Gasteiger charge is 2.21. The minimum Gasteiger partial charge on any atom is -0.394 e. The number of nitrogens with two attached hydrogens (primary N) is 1. The zero-order chi connectivity index (χ0) is 11.3. The Balaban J connectivity index is 2.33. The first-order chi connectivity index (χ1) is 7.17. The van der Waals surface area contributed by atoms with Gasteiger partial charge in [-0.25, -0.2) is 4.79 Å². The zero-order valence-electron chi connectivity index (χ0n) is 9.28. The van der Waals surface area contributed by atoms with E-state index in [1.54, 1.807) is 4.90 Å². The third-order valence-corrected chi connectivity index (χ3v) is 2.90. The molecule has 1 atom stereocenters. The molecule has 1 rings (SSSR count). The van der Waals surface area contributed by atoms with Gasteiger partial charge >= 0.3 is 6.03 Å². The van der Waals surface area contributed by atoms with Gasteiger partial charge in [-0.2, -0.15) is 0 Å². The Hall–Kier alpha value is -0.810. The van der Waals surface area contributed by atoms with E-state index in [9.17, 15) is 4.79 Å². The summed E-state index contributed by atoms with van der Waals surface area (Å²) in [5, 5.41) is 11.6. The lowest BCUT2D eigenvalue weighted by Gasteiger charge is -2.31. The maximum Gasteiger partial charge on any atom is 0.317 e. The summed E-state index contributed by atoms with van der Waals surface area (Å²) in [4.78, 5) is 13.5. The molecule has 0 spiro atoms. The smallest absolute Gasteiger partial charge is 0.317 e. The van der Waals surface area contributed by atoms with Crippen LogP contribution in [0.1, 0.15) is 19.8 Å². The van der Waals surface area contributed by atoms with Gasteiger partial charge in [0.25, 0.3) is 0 Å². The number of likely N-dealkylation sites (tertiary alicyclic amines) is 1. The molecular formula is C10H21N3O2. The van der Waals surface area contributed by atoms with E-state index in [-0.39, 0.29) is 25.2 Å². The molecule has 1 aliphatic rings. The molecule has 0 saturated carbocycles. The number of rotatable bonds is 3. The summed E-state index contributed by atoms with van der Waals surface area (Å²) in [6.07, 6.45) is 2.11. The highest BCUT2D eigenvalue weighted by molar-refractivity contribution is 5.74. The second kappa shape index (κ2) is 5.92. The fraction of sp³-hybridized carbons (Fsp3) is 0.900. The van der Waals surface area contributed by atoms with Gasteiger partial charge in [-0.1, -0.05) is 6.92 Å². The van der Waals surface area contributed by atoms with E-state index >= 15 is 0 Å². The van der Waals surface area contributed by atoms with E-state index in [2.05, 4.69) is 12.2 Å². The largest absolute Gasteiger partial charge is 0.394 e. The maximum absolute atomic E-state index is 11.7. The molecule has 0 aromatic carbocycles. The lowest BCUT2D eigenvalue weighted by atomic mass is 10.00. The van der Waals surface area contributed by atoms with E-state index in [0.717, 1.165) is 25.9 Å². The molecule has 88 valence electrons. The predicted molar refractivity (Wildman–Crippen MR) is 58.4 cm³/mol. The van der Waals surface area contributed by atoms with Gasteiger partial charge in [0.1, 0.15) is 0 Å². The molecule has 5 nitrogen and oxygen atoms in total. The van der Waals surface area contributed by atoms with Gasteiger partial charge in [0, 0.05) is 19.6 Å². The number of carbonyl (C=O) groups is 1. The molecule has 15 heavy (non-hydrogen) atoms. The number of nitrogens with zero attached hydrogens (tertiary/aromatic N) is 1. The van der Waals surface area contributed by atoms with Crippen molar-refractivity contribution in [3.63, 3.8) is 0 Å². The van der Waals surface area contributed by atoms with Crippen LogP contribution in [0.2, 0.25) is 0 Å². The second-order valence-electron chi connectivity index (χ2n) is 4.23. The van der Waals surface area contributed by atoms with Gasteiger partial charge in [0.05, 0.1) is 12.6 Å². The van der Waals surface area contributed by atoms with Crippen LogP contribution >= 0.6 is 0 Å². The summed E-state index contributed by atoms with van der Waals surface area (Å²) in [7, 11) is 0. The number of aliphatic hydroxyl groups is 1. The number of urea groups is 1. The van der Waals surface area contributed by atoms with Crippen LogP contribution < -0.4 is 11.1 Å². The Kier molecular flexibility index (Phi) is 4.84.